The Morgan fingerprint density at radius 1 is 1.22 bits per heavy atom. The van der Waals surface area contributed by atoms with Crippen LogP contribution in [-0.2, 0) is 14.8 Å². The molecule has 0 amide bonds. The third kappa shape index (κ3) is 4.34. The van der Waals surface area contributed by atoms with Crippen molar-refractivity contribution in [2.45, 2.75) is 27.7 Å². The van der Waals surface area contributed by atoms with E-state index in [-0.39, 0.29) is 23.2 Å². The summed E-state index contributed by atoms with van der Waals surface area (Å²) in [6.07, 6.45) is 3.20. The summed E-state index contributed by atoms with van der Waals surface area (Å²) >= 11 is 0. The lowest BCUT2D eigenvalue weighted by Gasteiger charge is -2.07. The summed E-state index contributed by atoms with van der Waals surface area (Å²) < 4.78 is 30.1. The number of esters is 1. The topological polar surface area (TPSA) is 72.5 Å². The Morgan fingerprint density at radius 2 is 1.78 bits per heavy atom. The van der Waals surface area contributed by atoms with Crippen molar-refractivity contribution in [3.8, 4) is 5.75 Å². The van der Waals surface area contributed by atoms with Gasteiger partial charge in [-0.2, -0.15) is 0 Å². The Labute approximate surface area is 137 Å². The molecule has 2 unspecified atom stereocenters. The number of anilines is 1. The van der Waals surface area contributed by atoms with Crippen LogP contribution in [0.2, 0.25) is 0 Å². The second-order valence-electron chi connectivity index (χ2n) is 6.89. The molecule has 1 aromatic rings. The molecule has 2 atom stereocenters. The zero-order valence-electron chi connectivity index (χ0n) is 14.1. The summed E-state index contributed by atoms with van der Waals surface area (Å²) in [7, 11) is -3.31. The summed E-state index contributed by atoms with van der Waals surface area (Å²) in [5.74, 6) is 0.214. The molecule has 0 aliphatic heterocycles. The van der Waals surface area contributed by atoms with Gasteiger partial charge in [0, 0.05) is 5.69 Å². The largest absolute Gasteiger partial charge is 0.426 e. The molecule has 1 saturated carbocycles. The molecule has 1 aliphatic carbocycles. The minimum Gasteiger partial charge on any atom is -0.426 e. The van der Waals surface area contributed by atoms with Crippen molar-refractivity contribution in [2.24, 2.45) is 17.3 Å². The second kappa shape index (κ2) is 6.00. The first-order chi connectivity index (χ1) is 10.5. The minimum atomic E-state index is -3.31. The maximum atomic E-state index is 12.3. The van der Waals surface area contributed by atoms with Crippen LogP contribution < -0.4 is 9.46 Å². The molecule has 0 aromatic heterocycles. The van der Waals surface area contributed by atoms with Gasteiger partial charge >= 0.3 is 5.97 Å². The van der Waals surface area contributed by atoms with Gasteiger partial charge in [0.05, 0.1) is 12.2 Å². The van der Waals surface area contributed by atoms with Gasteiger partial charge in [-0.3, -0.25) is 9.52 Å². The molecule has 0 spiro atoms. The average molecular weight is 337 g/mol. The van der Waals surface area contributed by atoms with Crippen molar-refractivity contribution in [1.29, 1.82) is 0 Å². The number of carbonyl (C=O) groups is 1. The van der Waals surface area contributed by atoms with Gasteiger partial charge in [-0.15, -0.1) is 0 Å². The fourth-order valence-corrected chi connectivity index (χ4v) is 3.35. The predicted octanol–water partition coefficient (Wildman–Crippen LogP) is 3.20. The molecule has 126 valence electrons. The van der Waals surface area contributed by atoms with E-state index in [1.807, 2.05) is 13.8 Å². The molecule has 0 heterocycles. The van der Waals surface area contributed by atoms with Crippen LogP contribution >= 0.6 is 0 Å². The number of hydrogen-bond donors (Lipinski definition) is 1. The minimum absolute atomic E-state index is 0.0911. The van der Waals surface area contributed by atoms with E-state index < -0.39 is 10.0 Å². The highest BCUT2D eigenvalue weighted by Crippen LogP contribution is 2.59. The smallest absolute Gasteiger partial charge is 0.315 e. The van der Waals surface area contributed by atoms with Crippen molar-refractivity contribution in [1.82, 2.24) is 0 Å². The lowest BCUT2D eigenvalue weighted by molar-refractivity contribution is -0.136. The number of benzene rings is 1. The van der Waals surface area contributed by atoms with Crippen LogP contribution in [0, 0.1) is 17.3 Å². The standard InChI is InChI=1S/C17H23NO4S/c1-11(2)10-14-15(17(14,3)4)16(19)22-13-8-6-12(7-9-13)18-23(5,20)21/h6-10,14-15,18H,1-5H3. The summed E-state index contributed by atoms with van der Waals surface area (Å²) in [5.41, 5.74) is 1.53. The van der Waals surface area contributed by atoms with Crippen molar-refractivity contribution in [3.63, 3.8) is 0 Å². The monoisotopic (exact) mass is 337 g/mol. The summed E-state index contributed by atoms with van der Waals surface area (Å²) in [5, 5.41) is 0. The Morgan fingerprint density at radius 3 is 2.26 bits per heavy atom. The predicted molar refractivity (Wildman–Crippen MR) is 90.7 cm³/mol. The van der Waals surface area contributed by atoms with E-state index in [0.29, 0.717) is 11.4 Å². The first-order valence-corrected chi connectivity index (χ1v) is 9.34. The van der Waals surface area contributed by atoms with Crippen molar-refractivity contribution in [2.75, 3.05) is 11.0 Å². The molecule has 1 fully saturated rings. The van der Waals surface area contributed by atoms with Gasteiger partial charge in [0.25, 0.3) is 0 Å². The van der Waals surface area contributed by atoms with Crippen LogP contribution in [0.25, 0.3) is 0 Å². The Balaban J connectivity index is 2.03. The molecule has 0 radical (unpaired) electrons. The number of carbonyl (C=O) groups excluding carboxylic acids is 1. The highest BCUT2D eigenvalue weighted by atomic mass is 32.2. The van der Waals surface area contributed by atoms with Crippen molar-refractivity contribution in [3.05, 3.63) is 35.9 Å². The quantitative estimate of drug-likeness (QED) is 0.509. The van der Waals surface area contributed by atoms with Crippen LogP contribution in [0.4, 0.5) is 5.69 Å². The van der Waals surface area contributed by atoms with Crippen LogP contribution in [-0.4, -0.2) is 20.6 Å². The molecule has 6 heteroatoms. The van der Waals surface area contributed by atoms with E-state index >= 15 is 0 Å². The molecule has 1 aliphatic rings. The molecular formula is C17H23NO4S. The third-order valence-electron chi connectivity index (χ3n) is 4.05. The van der Waals surface area contributed by atoms with Gasteiger partial charge in [-0.25, -0.2) is 8.42 Å². The molecule has 23 heavy (non-hydrogen) atoms. The molecule has 0 saturated heterocycles. The number of ether oxygens (including phenoxy) is 1. The maximum Gasteiger partial charge on any atom is 0.315 e. The molecule has 1 N–H and O–H groups in total. The van der Waals surface area contributed by atoms with Crippen LogP contribution in [0.3, 0.4) is 0 Å². The normalized spacial score (nSPS) is 22.1. The van der Waals surface area contributed by atoms with Gasteiger partial charge < -0.3 is 4.74 Å². The number of allylic oxidation sites excluding steroid dienone is 2. The Kier molecular flexibility index (Phi) is 4.57. The second-order valence-corrected chi connectivity index (χ2v) is 8.64. The molecule has 2 rings (SSSR count). The van der Waals surface area contributed by atoms with E-state index in [2.05, 4.69) is 24.6 Å². The van der Waals surface area contributed by atoms with E-state index in [1.165, 1.54) is 5.57 Å². The van der Waals surface area contributed by atoms with E-state index in [0.717, 1.165) is 6.26 Å². The zero-order chi connectivity index (χ0) is 17.4. The Hall–Kier alpha value is -1.82. The molecule has 1 aromatic carbocycles. The Bertz CT molecular complexity index is 728. The molecule has 0 bridgehead atoms. The number of hydrogen-bond acceptors (Lipinski definition) is 4. The van der Waals surface area contributed by atoms with Gasteiger partial charge in [-0.05, 0) is 49.4 Å². The number of sulfonamides is 1. The SMILES string of the molecule is CC(C)=CC1C(C(=O)Oc2ccc(NS(C)(=O)=O)cc2)C1(C)C. The molecule has 5 nitrogen and oxygen atoms in total. The highest BCUT2D eigenvalue weighted by molar-refractivity contribution is 7.92. The lowest BCUT2D eigenvalue weighted by Crippen LogP contribution is -2.14. The highest BCUT2D eigenvalue weighted by Gasteiger charge is 2.61. The van der Waals surface area contributed by atoms with E-state index in [1.54, 1.807) is 24.3 Å². The van der Waals surface area contributed by atoms with Gasteiger partial charge in [0.1, 0.15) is 5.75 Å². The van der Waals surface area contributed by atoms with Crippen LogP contribution in [0.15, 0.2) is 35.9 Å². The lowest BCUT2D eigenvalue weighted by atomic mass is 10.1. The summed E-state index contributed by atoms with van der Waals surface area (Å²) in [6.45, 7) is 8.15. The van der Waals surface area contributed by atoms with E-state index in [4.69, 9.17) is 4.74 Å². The molecular weight excluding hydrogens is 314 g/mol. The van der Waals surface area contributed by atoms with E-state index in [9.17, 15) is 13.2 Å². The maximum absolute atomic E-state index is 12.3. The van der Waals surface area contributed by atoms with Crippen LogP contribution in [0.1, 0.15) is 27.7 Å². The number of rotatable bonds is 5. The van der Waals surface area contributed by atoms with Crippen molar-refractivity contribution >= 4 is 21.7 Å². The zero-order valence-corrected chi connectivity index (χ0v) is 14.9. The van der Waals surface area contributed by atoms with Gasteiger partial charge in [0.2, 0.25) is 10.0 Å². The first-order valence-electron chi connectivity index (χ1n) is 7.45. The summed E-state index contributed by atoms with van der Waals surface area (Å²) in [4.78, 5) is 12.3. The first kappa shape index (κ1) is 17.5. The summed E-state index contributed by atoms with van der Waals surface area (Å²) in [6, 6.07) is 6.29. The number of nitrogens with one attached hydrogen (secondary N) is 1. The van der Waals surface area contributed by atoms with Crippen LogP contribution in [0.5, 0.6) is 5.75 Å². The fourth-order valence-electron chi connectivity index (χ4n) is 2.78. The van der Waals surface area contributed by atoms with Crippen molar-refractivity contribution < 1.29 is 17.9 Å². The third-order valence-corrected chi connectivity index (χ3v) is 4.66. The van der Waals surface area contributed by atoms with Gasteiger partial charge in [-0.1, -0.05) is 25.5 Å². The fraction of sp³-hybridized carbons (Fsp3) is 0.471. The van der Waals surface area contributed by atoms with Gasteiger partial charge in [0.15, 0.2) is 0 Å². The average Bonchev–Trinajstić information content (AvgIpc) is 2.90.